The van der Waals surface area contributed by atoms with Gasteiger partial charge in [0, 0.05) is 17.9 Å². The molecule has 2 aliphatic rings. The maximum absolute atomic E-state index is 6.59. The lowest BCUT2D eigenvalue weighted by molar-refractivity contribution is 0.480. The lowest BCUT2D eigenvalue weighted by atomic mass is 9.98. The largest absolute Gasteiger partial charge is 0.321 e. The molecule has 2 heteroatoms. The fourth-order valence-corrected chi connectivity index (χ4v) is 3.53. The molecule has 0 bridgehead atoms. The Balaban J connectivity index is 1.98. The Morgan fingerprint density at radius 2 is 2.00 bits per heavy atom. The fourth-order valence-electron chi connectivity index (χ4n) is 3.53. The second kappa shape index (κ2) is 3.05. The van der Waals surface area contributed by atoms with Crippen LogP contribution in [0.4, 0.5) is 0 Å². The first-order chi connectivity index (χ1) is 7.24. The lowest BCUT2D eigenvalue weighted by Gasteiger charge is -2.14. The normalized spacial score (nSPS) is 38.5. The fraction of sp³-hybridized carbons (Fsp3) is 0.615. The van der Waals surface area contributed by atoms with Crippen molar-refractivity contribution in [1.82, 2.24) is 4.98 Å². The van der Waals surface area contributed by atoms with Gasteiger partial charge in [-0.2, -0.15) is 0 Å². The molecule has 0 saturated heterocycles. The molecule has 15 heavy (non-hydrogen) atoms. The molecule has 0 radical (unpaired) electrons. The predicted molar refractivity (Wildman–Crippen MR) is 60.3 cm³/mol. The van der Waals surface area contributed by atoms with Crippen molar-refractivity contribution in [3.63, 3.8) is 0 Å². The van der Waals surface area contributed by atoms with Crippen LogP contribution in [0, 0.1) is 18.8 Å². The van der Waals surface area contributed by atoms with Crippen molar-refractivity contribution in [2.45, 2.75) is 38.1 Å². The molecule has 1 aromatic rings. The van der Waals surface area contributed by atoms with Gasteiger partial charge in [-0.3, -0.25) is 4.98 Å². The quantitative estimate of drug-likeness (QED) is 0.759. The zero-order valence-corrected chi connectivity index (χ0v) is 9.24. The Bertz CT molecular complexity index is 374. The number of hydrogen-bond donors (Lipinski definition) is 1. The third-order valence-electron chi connectivity index (χ3n) is 4.37. The number of hydrogen-bond acceptors (Lipinski definition) is 2. The van der Waals surface area contributed by atoms with Gasteiger partial charge in [0.2, 0.25) is 0 Å². The Labute approximate surface area is 90.9 Å². The van der Waals surface area contributed by atoms with Crippen LogP contribution in [0.15, 0.2) is 18.5 Å². The van der Waals surface area contributed by atoms with Crippen molar-refractivity contribution in [2.75, 3.05) is 0 Å². The average molecular weight is 202 g/mol. The second-order valence-electron chi connectivity index (χ2n) is 5.12. The topological polar surface area (TPSA) is 38.9 Å². The molecule has 2 fully saturated rings. The average Bonchev–Trinajstić information content (AvgIpc) is 2.87. The van der Waals surface area contributed by atoms with Crippen LogP contribution in [-0.4, -0.2) is 4.98 Å². The standard InChI is InChI=1S/C13H18N2/c1-9-8-15-7-6-10(9)13(14)11-4-2-3-5-12(11)13/h6-8,11-12H,2-5,14H2,1H3. The van der Waals surface area contributed by atoms with Crippen molar-refractivity contribution in [3.05, 3.63) is 29.6 Å². The zero-order valence-electron chi connectivity index (χ0n) is 9.24. The van der Waals surface area contributed by atoms with Crippen LogP contribution in [0.5, 0.6) is 0 Å². The summed E-state index contributed by atoms with van der Waals surface area (Å²) in [5.74, 6) is 1.49. The second-order valence-corrected chi connectivity index (χ2v) is 5.12. The first kappa shape index (κ1) is 9.34. The smallest absolute Gasteiger partial charge is 0.0477 e. The Kier molecular flexibility index (Phi) is 1.90. The molecule has 0 aliphatic heterocycles. The third-order valence-corrected chi connectivity index (χ3v) is 4.37. The van der Waals surface area contributed by atoms with Gasteiger partial charge < -0.3 is 5.73 Å². The molecule has 2 aliphatic carbocycles. The number of nitrogens with zero attached hydrogens (tertiary/aromatic N) is 1. The van der Waals surface area contributed by atoms with Gasteiger partial charge in [-0.1, -0.05) is 12.8 Å². The van der Waals surface area contributed by atoms with Crippen LogP contribution in [0.1, 0.15) is 36.8 Å². The first-order valence-electron chi connectivity index (χ1n) is 5.94. The minimum atomic E-state index is -0.0104. The van der Waals surface area contributed by atoms with Crippen molar-refractivity contribution >= 4 is 0 Å². The molecular weight excluding hydrogens is 184 g/mol. The Hall–Kier alpha value is -0.890. The van der Waals surface area contributed by atoms with E-state index < -0.39 is 0 Å². The summed E-state index contributed by atoms with van der Waals surface area (Å²) in [5.41, 5.74) is 9.18. The van der Waals surface area contributed by atoms with Gasteiger partial charge in [0.05, 0.1) is 0 Å². The molecular formula is C13H18N2. The molecule has 2 atom stereocenters. The number of pyridine rings is 1. The van der Waals surface area contributed by atoms with Crippen LogP contribution < -0.4 is 5.73 Å². The Morgan fingerprint density at radius 1 is 1.33 bits per heavy atom. The molecule has 80 valence electrons. The van der Waals surface area contributed by atoms with Gasteiger partial charge in [-0.25, -0.2) is 0 Å². The number of aromatic nitrogens is 1. The van der Waals surface area contributed by atoms with E-state index in [0.717, 1.165) is 11.8 Å². The van der Waals surface area contributed by atoms with Crippen LogP contribution in [0.3, 0.4) is 0 Å². The molecule has 2 nitrogen and oxygen atoms in total. The van der Waals surface area contributed by atoms with E-state index in [9.17, 15) is 0 Å². The molecule has 2 N–H and O–H groups in total. The van der Waals surface area contributed by atoms with Crippen molar-refractivity contribution in [1.29, 1.82) is 0 Å². The van der Waals surface area contributed by atoms with E-state index in [2.05, 4.69) is 18.0 Å². The molecule has 0 spiro atoms. The monoisotopic (exact) mass is 202 g/mol. The van der Waals surface area contributed by atoms with E-state index in [1.54, 1.807) is 0 Å². The molecule has 3 rings (SSSR count). The summed E-state index contributed by atoms with van der Waals surface area (Å²) < 4.78 is 0. The van der Waals surface area contributed by atoms with Crippen LogP contribution in [-0.2, 0) is 5.54 Å². The zero-order chi connectivity index (χ0) is 10.5. The summed E-state index contributed by atoms with van der Waals surface area (Å²) in [5, 5.41) is 0. The van der Waals surface area contributed by atoms with E-state index in [1.165, 1.54) is 36.8 Å². The highest BCUT2D eigenvalue weighted by Gasteiger charge is 2.63. The van der Waals surface area contributed by atoms with Gasteiger partial charge in [-0.15, -0.1) is 0 Å². The number of nitrogens with two attached hydrogens (primary N) is 1. The molecule has 0 aromatic carbocycles. The van der Waals surface area contributed by atoms with E-state index in [1.807, 2.05) is 12.4 Å². The van der Waals surface area contributed by atoms with Gasteiger partial charge in [-0.05, 0) is 48.8 Å². The van der Waals surface area contributed by atoms with Crippen LogP contribution >= 0.6 is 0 Å². The van der Waals surface area contributed by atoms with Gasteiger partial charge in [0.1, 0.15) is 0 Å². The van der Waals surface area contributed by atoms with Crippen molar-refractivity contribution in [2.24, 2.45) is 17.6 Å². The van der Waals surface area contributed by atoms with E-state index in [0.29, 0.717) is 0 Å². The minimum Gasteiger partial charge on any atom is -0.321 e. The highest BCUT2D eigenvalue weighted by Crippen LogP contribution is 2.63. The summed E-state index contributed by atoms with van der Waals surface area (Å²) >= 11 is 0. The number of aryl methyl sites for hydroxylation is 1. The summed E-state index contributed by atoms with van der Waals surface area (Å²) in [6.45, 7) is 2.13. The SMILES string of the molecule is Cc1cnccc1C1(N)C2CCCCC21. The Morgan fingerprint density at radius 3 is 2.60 bits per heavy atom. The van der Waals surface area contributed by atoms with E-state index in [4.69, 9.17) is 5.73 Å². The minimum absolute atomic E-state index is 0.0104. The van der Waals surface area contributed by atoms with Gasteiger partial charge in [0.25, 0.3) is 0 Å². The number of fused-ring (bicyclic) bond motifs is 1. The summed E-state index contributed by atoms with van der Waals surface area (Å²) in [7, 11) is 0. The highest BCUT2D eigenvalue weighted by molar-refractivity contribution is 5.39. The molecule has 2 unspecified atom stereocenters. The first-order valence-corrected chi connectivity index (χ1v) is 5.94. The summed E-state index contributed by atoms with van der Waals surface area (Å²) in [6, 6.07) is 2.12. The van der Waals surface area contributed by atoms with E-state index >= 15 is 0 Å². The summed E-state index contributed by atoms with van der Waals surface area (Å²) in [4.78, 5) is 4.15. The van der Waals surface area contributed by atoms with E-state index in [-0.39, 0.29) is 5.54 Å². The summed E-state index contributed by atoms with van der Waals surface area (Å²) in [6.07, 6.45) is 9.19. The maximum atomic E-state index is 6.59. The number of rotatable bonds is 1. The maximum Gasteiger partial charge on any atom is 0.0477 e. The third kappa shape index (κ3) is 1.18. The van der Waals surface area contributed by atoms with Crippen molar-refractivity contribution in [3.8, 4) is 0 Å². The molecule has 1 aromatic heterocycles. The van der Waals surface area contributed by atoms with Crippen LogP contribution in [0.2, 0.25) is 0 Å². The van der Waals surface area contributed by atoms with Crippen molar-refractivity contribution < 1.29 is 0 Å². The molecule has 2 saturated carbocycles. The molecule has 0 amide bonds. The predicted octanol–water partition coefficient (Wildman–Crippen LogP) is 2.36. The highest BCUT2D eigenvalue weighted by atomic mass is 14.9. The van der Waals surface area contributed by atoms with Gasteiger partial charge in [0.15, 0.2) is 0 Å². The lowest BCUT2D eigenvalue weighted by Crippen LogP contribution is -2.25. The van der Waals surface area contributed by atoms with Gasteiger partial charge >= 0.3 is 0 Å². The molecule has 1 heterocycles. The van der Waals surface area contributed by atoms with Crippen LogP contribution in [0.25, 0.3) is 0 Å².